The Morgan fingerprint density at radius 2 is 0.579 bits per heavy atom. The van der Waals surface area contributed by atoms with Crippen LogP contribution in [0.15, 0.2) is 0 Å². The van der Waals surface area contributed by atoms with E-state index in [0.29, 0.717) is 19.3 Å². The number of unbranched alkanes of at least 4 members (excludes halogenated alkanes) is 30. The van der Waals surface area contributed by atoms with Crippen LogP contribution < -0.4 is 0 Å². The van der Waals surface area contributed by atoms with E-state index in [1.54, 1.807) is 0 Å². The summed E-state index contributed by atoms with van der Waals surface area (Å²) in [5.41, 5.74) is 0. The Balaban J connectivity index is 4.26. The molecule has 0 aromatic rings. The van der Waals surface area contributed by atoms with Crippen molar-refractivity contribution in [2.45, 2.75) is 285 Å². The molecule has 0 fully saturated rings. The molecule has 1 atom stereocenters. The summed E-state index contributed by atoms with van der Waals surface area (Å²) in [5.74, 6) is 0.808. The maximum atomic E-state index is 12.7. The van der Waals surface area contributed by atoms with Gasteiger partial charge in [0.05, 0.1) is 0 Å². The van der Waals surface area contributed by atoms with Crippen molar-refractivity contribution in [2.24, 2.45) is 11.8 Å². The smallest absolute Gasteiger partial charge is 0.306 e. The molecule has 0 rings (SSSR count). The van der Waals surface area contributed by atoms with Crippen LogP contribution in [-0.2, 0) is 28.6 Å². The zero-order chi connectivity index (χ0) is 41.9. The number of rotatable bonds is 45. The molecule has 0 N–H and O–H groups in total. The van der Waals surface area contributed by atoms with E-state index >= 15 is 0 Å². The third-order valence-corrected chi connectivity index (χ3v) is 11.5. The predicted molar refractivity (Wildman–Crippen MR) is 243 cm³/mol. The molecule has 0 unspecified atom stereocenters. The molecular weight excluding hydrogens is 709 g/mol. The Hall–Kier alpha value is -1.59. The predicted octanol–water partition coefficient (Wildman–Crippen LogP) is 16.1. The van der Waals surface area contributed by atoms with Crippen LogP contribution in [0.1, 0.15) is 279 Å². The molecule has 6 heteroatoms. The second-order valence-corrected chi connectivity index (χ2v) is 18.4. The van der Waals surface area contributed by atoms with E-state index < -0.39 is 6.10 Å². The Labute approximate surface area is 355 Å². The van der Waals surface area contributed by atoms with E-state index in [9.17, 15) is 14.4 Å². The average Bonchev–Trinajstić information content (AvgIpc) is 3.18. The first-order chi connectivity index (χ1) is 27.7. The van der Waals surface area contributed by atoms with Crippen LogP contribution in [0.4, 0.5) is 0 Å². The van der Waals surface area contributed by atoms with E-state index in [1.165, 1.54) is 167 Å². The molecule has 0 aromatic heterocycles. The lowest BCUT2D eigenvalue weighted by Crippen LogP contribution is -2.30. The first-order valence-corrected chi connectivity index (χ1v) is 25.2. The fraction of sp³-hybridized carbons (Fsp3) is 0.941. The molecule has 0 aliphatic heterocycles. The van der Waals surface area contributed by atoms with Gasteiger partial charge in [-0.15, -0.1) is 0 Å². The molecule has 0 aliphatic rings. The van der Waals surface area contributed by atoms with Crippen molar-refractivity contribution in [3.63, 3.8) is 0 Å². The van der Waals surface area contributed by atoms with Gasteiger partial charge >= 0.3 is 17.9 Å². The normalized spacial score (nSPS) is 12.1. The molecule has 0 radical (unpaired) electrons. The Morgan fingerprint density at radius 1 is 0.333 bits per heavy atom. The average molecular weight is 807 g/mol. The van der Waals surface area contributed by atoms with Crippen molar-refractivity contribution in [3.8, 4) is 0 Å². The second kappa shape index (κ2) is 44.0. The van der Waals surface area contributed by atoms with Crippen LogP contribution in [0.2, 0.25) is 0 Å². The van der Waals surface area contributed by atoms with Crippen molar-refractivity contribution >= 4 is 17.9 Å². The highest BCUT2D eigenvalue weighted by Gasteiger charge is 2.19. The fourth-order valence-electron chi connectivity index (χ4n) is 7.64. The summed E-state index contributed by atoms with van der Waals surface area (Å²) in [6.07, 6.45) is 43.8. The van der Waals surface area contributed by atoms with Crippen molar-refractivity contribution in [1.82, 2.24) is 0 Å². The van der Waals surface area contributed by atoms with Crippen LogP contribution in [-0.4, -0.2) is 37.2 Å². The van der Waals surface area contributed by atoms with E-state index in [-0.39, 0.29) is 31.1 Å². The first kappa shape index (κ1) is 55.4. The van der Waals surface area contributed by atoms with Gasteiger partial charge < -0.3 is 14.2 Å². The van der Waals surface area contributed by atoms with Gasteiger partial charge in [0, 0.05) is 19.3 Å². The number of esters is 3. The molecule has 0 saturated carbocycles. The van der Waals surface area contributed by atoms with Crippen LogP contribution in [0.5, 0.6) is 0 Å². The highest BCUT2D eigenvalue weighted by Crippen LogP contribution is 2.17. The van der Waals surface area contributed by atoms with Gasteiger partial charge in [-0.1, -0.05) is 240 Å². The Morgan fingerprint density at radius 3 is 0.860 bits per heavy atom. The number of ether oxygens (including phenoxy) is 3. The third-order valence-electron chi connectivity index (χ3n) is 11.5. The van der Waals surface area contributed by atoms with Gasteiger partial charge in [-0.05, 0) is 31.1 Å². The standard InChI is InChI=1S/C51H98O6/c1-6-7-8-9-10-19-26-31-36-41-49(52)55-44-48(57-51(54)43-38-33-28-23-18-17-21-25-30-35-40-47(4)5)45-56-50(53)42-37-32-27-22-16-14-12-11-13-15-20-24-29-34-39-46(2)3/h46-48H,6-45H2,1-5H3/t48-/m1/s1. The largest absolute Gasteiger partial charge is 0.462 e. The number of hydrogen-bond donors (Lipinski definition) is 0. The SMILES string of the molecule is CCCCCCCCCCCC(=O)OC[C@H](COC(=O)CCCCCCCCCCCCCCCCC(C)C)OC(=O)CCCCCCCCCCCCC(C)C. The Kier molecular flexibility index (Phi) is 42.7. The maximum absolute atomic E-state index is 12.7. The molecular formula is C51H98O6. The Bertz CT molecular complexity index is 870. The summed E-state index contributed by atoms with van der Waals surface area (Å²) in [5, 5.41) is 0. The summed E-state index contributed by atoms with van der Waals surface area (Å²) in [7, 11) is 0. The summed E-state index contributed by atoms with van der Waals surface area (Å²) >= 11 is 0. The topological polar surface area (TPSA) is 78.9 Å². The third kappa shape index (κ3) is 45.3. The summed E-state index contributed by atoms with van der Waals surface area (Å²) in [4.78, 5) is 37.8. The second-order valence-electron chi connectivity index (χ2n) is 18.4. The molecule has 6 nitrogen and oxygen atoms in total. The van der Waals surface area contributed by atoms with E-state index in [1.807, 2.05) is 0 Å². The van der Waals surface area contributed by atoms with Gasteiger partial charge in [0.1, 0.15) is 13.2 Å². The minimum atomic E-state index is -0.760. The molecule has 338 valence electrons. The fourth-order valence-corrected chi connectivity index (χ4v) is 7.64. The van der Waals surface area contributed by atoms with Crippen molar-refractivity contribution in [3.05, 3.63) is 0 Å². The van der Waals surface area contributed by atoms with Crippen LogP contribution in [0, 0.1) is 11.8 Å². The first-order valence-electron chi connectivity index (χ1n) is 25.2. The lowest BCUT2D eigenvalue weighted by atomic mass is 10.0. The molecule has 57 heavy (non-hydrogen) atoms. The van der Waals surface area contributed by atoms with Crippen LogP contribution >= 0.6 is 0 Å². The van der Waals surface area contributed by atoms with Gasteiger partial charge in [-0.25, -0.2) is 0 Å². The quantitative estimate of drug-likeness (QED) is 0.0346. The van der Waals surface area contributed by atoms with E-state index in [4.69, 9.17) is 14.2 Å². The molecule has 0 amide bonds. The van der Waals surface area contributed by atoms with Crippen LogP contribution in [0.3, 0.4) is 0 Å². The lowest BCUT2D eigenvalue weighted by molar-refractivity contribution is -0.167. The monoisotopic (exact) mass is 807 g/mol. The van der Waals surface area contributed by atoms with Crippen LogP contribution in [0.25, 0.3) is 0 Å². The maximum Gasteiger partial charge on any atom is 0.306 e. The minimum absolute atomic E-state index is 0.0640. The van der Waals surface area contributed by atoms with Gasteiger partial charge in [0.2, 0.25) is 0 Å². The van der Waals surface area contributed by atoms with Crippen molar-refractivity contribution in [2.75, 3.05) is 13.2 Å². The molecule has 0 saturated heterocycles. The van der Waals surface area contributed by atoms with Gasteiger partial charge in [0.25, 0.3) is 0 Å². The number of carbonyl (C=O) groups is 3. The summed E-state index contributed by atoms with van der Waals surface area (Å²) in [6, 6.07) is 0. The van der Waals surface area contributed by atoms with Crippen molar-refractivity contribution < 1.29 is 28.6 Å². The van der Waals surface area contributed by atoms with E-state index in [0.717, 1.165) is 69.6 Å². The van der Waals surface area contributed by atoms with Gasteiger partial charge in [-0.3, -0.25) is 14.4 Å². The van der Waals surface area contributed by atoms with Gasteiger partial charge in [-0.2, -0.15) is 0 Å². The molecule has 0 heterocycles. The highest BCUT2D eigenvalue weighted by molar-refractivity contribution is 5.71. The van der Waals surface area contributed by atoms with E-state index in [2.05, 4.69) is 34.6 Å². The molecule has 0 aromatic carbocycles. The molecule has 0 spiro atoms. The number of carbonyl (C=O) groups excluding carboxylic acids is 3. The minimum Gasteiger partial charge on any atom is -0.462 e. The molecule has 0 aliphatic carbocycles. The highest BCUT2D eigenvalue weighted by atomic mass is 16.6. The molecule has 0 bridgehead atoms. The summed E-state index contributed by atoms with van der Waals surface area (Å²) < 4.78 is 16.8. The van der Waals surface area contributed by atoms with Crippen molar-refractivity contribution in [1.29, 1.82) is 0 Å². The summed E-state index contributed by atoms with van der Waals surface area (Å²) in [6.45, 7) is 11.3. The zero-order valence-electron chi connectivity index (χ0n) is 39.0. The number of hydrogen-bond acceptors (Lipinski definition) is 6. The zero-order valence-corrected chi connectivity index (χ0v) is 39.0. The van der Waals surface area contributed by atoms with Gasteiger partial charge in [0.15, 0.2) is 6.10 Å². The lowest BCUT2D eigenvalue weighted by Gasteiger charge is -2.18.